The number of thiophene rings is 1. The van der Waals surface area contributed by atoms with Crippen molar-refractivity contribution in [3.63, 3.8) is 0 Å². The molecule has 4 N–H and O–H groups in total. The van der Waals surface area contributed by atoms with Gasteiger partial charge < -0.3 is 15.9 Å². The Morgan fingerprint density at radius 3 is 2.27 bits per heavy atom. The topological polar surface area (TPSA) is 101 Å². The number of hydrogen-bond donors (Lipinski definition) is 3. The van der Waals surface area contributed by atoms with Crippen LogP contribution in [0.15, 0.2) is 16.8 Å². The molecule has 84 valence electrons. The van der Waals surface area contributed by atoms with Crippen molar-refractivity contribution in [2.75, 3.05) is 0 Å². The minimum atomic E-state index is -1.82. The smallest absolute Gasteiger partial charge is 0.414 e. The van der Waals surface area contributed by atoms with Crippen LogP contribution in [0.3, 0.4) is 0 Å². The van der Waals surface area contributed by atoms with Crippen molar-refractivity contribution in [2.45, 2.75) is 19.4 Å². The first-order valence-electron chi connectivity index (χ1n) is 4.22. The largest absolute Gasteiger partial charge is 0.473 e. The molecule has 5 nitrogen and oxygen atoms in total. The van der Waals surface area contributed by atoms with Crippen LogP contribution >= 0.6 is 11.3 Å². The normalized spacial score (nSPS) is 11.1. The highest BCUT2D eigenvalue weighted by molar-refractivity contribution is 7.07. The number of carbonyl (C=O) groups is 2. The molecule has 15 heavy (non-hydrogen) atoms. The summed E-state index contributed by atoms with van der Waals surface area (Å²) in [4.78, 5) is 18.2. The summed E-state index contributed by atoms with van der Waals surface area (Å²) in [5.74, 6) is -3.65. The quantitative estimate of drug-likeness (QED) is 0.666. The predicted molar refractivity (Wildman–Crippen MR) is 56.8 cm³/mol. The first kappa shape index (κ1) is 13.6. The van der Waals surface area contributed by atoms with E-state index in [0.29, 0.717) is 0 Å². The molecule has 0 aliphatic heterocycles. The fraction of sp³-hybridized carbons (Fsp3) is 0.333. The number of rotatable bonds is 2. The van der Waals surface area contributed by atoms with E-state index in [4.69, 9.17) is 25.5 Å². The van der Waals surface area contributed by atoms with Gasteiger partial charge in [-0.25, -0.2) is 9.59 Å². The third-order valence-electron chi connectivity index (χ3n) is 1.59. The summed E-state index contributed by atoms with van der Waals surface area (Å²) in [5.41, 5.74) is 7.01. The summed E-state index contributed by atoms with van der Waals surface area (Å²) in [6, 6.07) is 2.33. The highest BCUT2D eigenvalue weighted by atomic mass is 32.1. The molecule has 1 aromatic rings. The lowest BCUT2D eigenvalue weighted by Crippen LogP contribution is -2.09. The molecule has 0 aromatic carbocycles. The summed E-state index contributed by atoms with van der Waals surface area (Å²) in [6.45, 7) is 2.10. The number of carboxylic acid groups (broad SMARTS) is 2. The van der Waals surface area contributed by atoms with Gasteiger partial charge in [0.1, 0.15) is 0 Å². The van der Waals surface area contributed by atoms with E-state index < -0.39 is 11.9 Å². The van der Waals surface area contributed by atoms with Crippen LogP contribution in [0.4, 0.5) is 0 Å². The van der Waals surface area contributed by atoms with Gasteiger partial charge in [0.05, 0.1) is 0 Å². The Morgan fingerprint density at radius 2 is 2.00 bits per heavy atom. The molecule has 6 heteroatoms. The van der Waals surface area contributed by atoms with Crippen LogP contribution in [-0.4, -0.2) is 22.2 Å². The van der Waals surface area contributed by atoms with Crippen molar-refractivity contribution in [2.24, 2.45) is 5.73 Å². The Labute approximate surface area is 91.2 Å². The van der Waals surface area contributed by atoms with Gasteiger partial charge in [-0.05, 0) is 28.8 Å². The maximum Gasteiger partial charge on any atom is 0.414 e. The molecular formula is C9H13NO4S. The monoisotopic (exact) mass is 231 g/mol. The molecule has 1 unspecified atom stereocenters. The third-order valence-corrected chi connectivity index (χ3v) is 2.30. The molecule has 1 heterocycles. The third kappa shape index (κ3) is 5.82. The summed E-state index contributed by atoms with van der Waals surface area (Å²) < 4.78 is 0. The van der Waals surface area contributed by atoms with Crippen molar-refractivity contribution >= 4 is 23.3 Å². The Morgan fingerprint density at radius 1 is 1.47 bits per heavy atom. The Hall–Kier alpha value is -1.40. The lowest BCUT2D eigenvalue weighted by atomic mass is 10.1. The van der Waals surface area contributed by atoms with Crippen molar-refractivity contribution in [3.05, 3.63) is 22.4 Å². The number of carboxylic acids is 2. The van der Waals surface area contributed by atoms with Crippen LogP contribution in [0.2, 0.25) is 0 Å². The van der Waals surface area contributed by atoms with Gasteiger partial charge in [-0.2, -0.15) is 11.3 Å². The molecule has 0 aliphatic carbocycles. The summed E-state index contributed by atoms with van der Waals surface area (Å²) in [7, 11) is 0. The molecule has 0 bridgehead atoms. The van der Waals surface area contributed by atoms with Crippen molar-refractivity contribution < 1.29 is 19.8 Å². The van der Waals surface area contributed by atoms with Crippen LogP contribution < -0.4 is 5.73 Å². The van der Waals surface area contributed by atoms with Gasteiger partial charge in [-0.3, -0.25) is 0 Å². The van der Waals surface area contributed by atoms with Gasteiger partial charge in [-0.1, -0.05) is 6.92 Å². The first-order chi connectivity index (χ1) is 6.99. The number of nitrogens with two attached hydrogens (primary N) is 1. The van der Waals surface area contributed by atoms with Gasteiger partial charge in [0.25, 0.3) is 0 Å². The molecule has 0 aliphatic rings. The second-order valence-electron chi connectivity index (χ2n) is 2.68. The molecule has 0 spiro atoms. The van der Waals surface area contributed by atoms with E-state index in [1.54, 1.807) is 11.3 Å². The Balaban J connectivity index is 0.000000288. The minimum absolute atomic E-state index is 0.247. The molecule has 0 saturated heterocycles. The van der Waals surface area contributed by atoms with Gasteiger partial charge in [-0.15, -0.1) is 0 Å². The van der Waals surface area contributed by atoms with Crippen LogP contribution in [0.25, 0.3) is 0 Å². The van der Waals surface area contributed by atoms with Crippen LogP contribution in [0.5, 0.6) is 0 Å². The lowest BCUT2D eigenvalue weighted by Gasteiger charge is -2.03. The van der Waals surface area contributed by atoms with Crippen LogP contribution in [0.1, 0.15) is 24.9 Å². The highest BCUT2D eigenvalue weighted by Gasteiger charge is 2.04. The van der Waals surface area contributed by atoms with Gasteiger partial charge >= 0.3 is 11.9 Å². The zero-order valence-corrected chi connectivity index (χ0v) is 9.03. The molecule has 0 saturated carbocycles. The second kappa shape index (κ2) is 6.97. The van der Waals surface area contributed by atoms with Crippen LogP contribution in [-0.2, 0) is 9.59 Å². The molecule has 0 fully saturated rings. The predicted octanol–water partition coefficient (Wildman–Crippen LogP) is 1.31. The summed E-state index contributed by atoms with van der Waals surface area (Å²) >= 11 is 1.70. The van der Waals surface area contributed by atoms with Crippen molar-refractivity contribution in [3.8, 4) is 0 Å². The number of aliphatic carboxylic acids is 2. The van der Waals surface area contributed by atoms with E-state index in [0.717, 1.165) is 6.42 Å². The van der Waals surface area contributed by atoms with E-state index in [-0.39, 0.29) is 6.04 Å². The van der Waals surface area contributed by atoms with E-state index in [1.165, 1.54) is 5.56 Å². The summed E-state index contributed by atoms with van der Waals surface area (Å²) in [5, 5.41) is 18.9. The highest BCUT2D eigenvalue weighted by Crippen LogP contribution is 2.15. The van der Waals surface area contributed by atoms with Crippen LogP contribution in [0, 0.1) is 0 Å². The lowest BCUT2D eigenvalue weighted by molar-refractivity contribution is -0.159. The molecular weight excluding hydrogens is 218 g/mol. The maximum atomic E-state index is 9.10. The fourth-order valence-electron chi connectivity index (χ4n) is 0.722. The second-order valence-corrected chi connectivity index (χ2v) is 3.46. The Bertz CT molecular complexity index is 298. The van der Waals surface area contributed by atoms with E-state index >= 15 is 0 Å². The van der Waals surface area contributed by atoms with E-state index in [2.05, 4.69) is 23.8 Å². The summed E-state index contributed by atoms with van der Waals surface area (Å²) in [6.07, 6.45) is 1.02. The molecule has 0 amide bonds. The zero-order chi connectivity index (χ0) is 11.8. The SMILES string of the molecule is CCC(N)c1ccsc1.O=C(O)C(=O)O. The Kier molecular flexibility index (Phi) is 6.32. The van der Waals surface area contributed by atoms with Gasteiger partial charge in [0.15, 0.2) is 0 Å². The first-order valence-corrected chi connectivity index (χ1v) is 5.17. The van der Waals surface area contributed by atoms with Gasteiger partial charge in [0, 0.05) is 6.04 Å². The zero-order valence-electron chi connectivity index (χ0n) is 8.21. The van der Waals surface area contributed by atoms with Crippen molar-refractivity contribution in [1.29, 1.82) is 0 Å². The maximum absolute atomic E-state index is 9.10. The van der Waals surface area contributed by atoms with Crippen molar-refractivity contribution in [1.82, 2.24) is 0 Å². The average Bonchev–Trinajstić information content (AvgIpc) is 2.70. The standard InChI is InChI=1S/C7H11NS.C2H2O4/c1-2-7(8)6-3-4-9-5-6;3-1(4)2(5)6/h3-5,7H,2,8H2,1H3;(H,3,4)(H,5,6). The van der Waals surface area contributed by atoms with E-state index in [1.807, 2.05) is 0 Å². The van der Waals surface area contributed by atoms with E-state index in [9.17, 15) is 0 Å². The minimum Gasteiger partial charge on any atom is -0.473 e. The fourth-order valence-corrected chi connectivity index (χ4v) is 1.45. The molecule has 1 atom stereocenters. The number of hydrogen-bond acceptors (Lipinski definition) is 4. The van der Waals surface area contributed by atoms with Gasteiger partial charge in [0.2, 0.25) is 0 Å². The molecule has 0 radical (unpaired) electrons. The molecule has 1 aromatic heterocycles. The molecule has 1 rings (SSSR count). The average molecular weight is 231 g/mol.